The van der Waals surface area contributed by atoms with E-state index in [1.807, 2.05) is 0 Å². The third-order valence-corrected chi connectivity index (χ3v) is 9.60. The van der Waals surface area contributed by atoms with E-state index in [4.69, 9.17) is 9.31 Å². The molecular formula is C40H33BO2. The molecule has 1 fully saturated rings. The van der Waals surface area contributed by atoms with Crippen molar-refractivity contribution in [1.29, 1.82) is 0 Å². The zero-order chi connectivity index (χ0) is 29.3. The van der Waals surface area contributed by atoms with Gasteiger partial charge in [0.2, 0.25) is 0 Å². The van der Waals surface area contributed by atoms with Gasteiger partial charge >= 0.3 is 7.12 Å². The van der Waals surface area contributed by atoms with Crippen molar-refractivity contribution in [2.45, 2.75) is 38.9 Å². The molecule has 0 saturated carbocycles. The van der Waals surface area contributed by atoms with Crippen molar-refractivity contribution >= 4 is 55.7 Å². The normalized spacial score (nSPS) is 16.0. The van der Waals surface area contributed by atoms with Crippen LogP contribution in [0.1, 0.15) is 27.7 Å². The Labute approximate surface area is 253 Å². The summed E-state index contributed by atoms with van der Waals surface area (Å²) in [6.45, 7) is 8.48. The predicted molar refractivity (Wildman–Crippen MR) is 183 cm³/mol. The van der Waals surface area contributed by atoms with Gasteiger partial charge in [-0.2, -0.15) is 0 Å². The zero-order valence-corrected chi connectivity index (χ0v) is 25.0. The fourth-order valence-electron chi connectivity index (χ4n) is 6.70. The van der Waals surface area contributed by atoms with Crippen molar-refractivity contribution < 1.29 is 9.31 Å². The molecule has 0 aromatic heterocycles. The molecule has 0 unspecified atom stereocenters. The molecule has 1 saturated heterocycles. The first-order valence-corrected chi connectivity index (χ1v) is 15.1. The van der Waals surface area contributed by atoms with Gasteiger partial charge in [0, 0.05) is 0 Å². The van der Waals surface area contributed by atoms with Crippen LogP contribution in [0.5, 0.6) is 0 Å². The van der Waals surface area contributed by atoms with Crippen LogP contribution in [-0.4, -0.2) is 18.3 Å². The minimum atomic E-state index is -0.480. The molecule has 7 aromatic rings. The Balaban J connectivity index is 1.49. The standard InChI is InChI=1S/C40H33BO2/c1-39(2)40(3,4)43-41(42-39)32-24-30(37-33-17-9-5-13-26(33)21-27-14-6-10-18-34(27)37)23-31(25-32)38-35-19-11-7-15-28(35)22-29-16-8-12-20-36(29)38/h5-25H,1-4H3. The third-order valence-electron chi connectivity index (χ3n) is 9.60. The van der Waals surface area contributed by atoms with Crippen molar-refractivity contribution in [3.8, 4) is 22.3 Å². The van der Waals surface area contributed by atoms with Crippen molar-refractivity contribution in [3.05, 3.63) is 127 Å². The molecule has 208 valence electrons. The highest BCUT2D eigenvalue weighted by atomic mass is 16.7. The number of fused-ring (bicyclic) bond motifs is 4. The molecule has 2 nitrogen and oxygen atoms in total. The molecule has 43 heavy (non-hydrogen) atoms. The lowest BCUT2D eigenvalue weighted by Crippen LogP contribution is -2.41. The monoisotopic (exact) mass is 556 g/mol. The van der Waals surface area contributed by atoms with Crippen LogP contribution >= 0.6 is 0 Å². The second-order valence-electron chi connectivity index (χ2n) is 12.8. The Morgan fingerprint density at radius 3 is 1.09 bits per heavy atom. The van der Waals surface area contributed by atoms with Crippen molar-refractivity contribution in [2.75, 3.05) is 0 Å². The average Bonchev–Trinajstić information content (AvgIpc) is 3.24. The fraction of sp³-hybridized carbons (Fsp3) is 0.150. The molecular weight excluding hydrogens is 523 g/mol. The molecule has 0 spiro atoms. The van der Waals surface area contributed by atoms with Crippen LogP contribution in [0.25, 0.3) is 65.3 Å². The highest BCUT2D eigenvalue weighted by molar-refractivity contribution is 6.62. The first kappa shape index (κ1) is 26.2. The second-order valence-corrected chi connectivity index (χ2v) is 12.8. The van der Waals surface area contributed by atoms with Crippen LogP contribution in [0.4, 0.5) is 0 Å². The maximum atomic E-state index is 6.66. The molecule has 0 radical (unpaired) electrons. The van der Waals surface area contributed by atoms with E-state index in [2.05, 4.69) is 155 Å². The largest absolute Gasteiger partial charge is 0.494 e. The van der Waals surface area contributed by atoms with E-state index in [1.165, 1.54) is 54.2 Å². The summed E-state index contributed by atoms with van der Waals surface area (Å²) in [5.41, 5.74) is 4.94. The van der Waals surface area contributed by atoms with Crippen molar-refractivity contribution in [3.63, 3.8) is 0 Å². The lowest BCUT2D eigenvalue weighted by Gasteiger charge is -2.32. The van der Waals surface area contributed by atoms with Gasteiger partial charge < -0.3 is 9.31 Å². The van der Waals surface area contributed by atoms with Crippen LogP contribution < -0.4 is 5.46 Å². The topological polar surface area (TPSA) is 18.5 Å². The quantitative estimate of drug-likeness (QED) is 0.159. The molecule has 0 aliphatic carbocycles. The summed E-state index contributed by atoms with van der Waals surface area (Å²) >= 11 is 0. The van der Waals surface area contributed by atoms with Gasteiger partial charge in [0.25, 0.3) is 0 Å². The summed E-state index contributed by atoms with van der Waals surface area (Å²) in [6.07, 6.45) is 0. The summed E-state index contributed by atoms with van der Waals surface area (Å²) in [5.74, 6) is 0. The van der Waals surface area contributed by atoms with Crippen LogP contribution in [0.3, 0.4) is 0 Å². The minimum Gasteiger partial charge on any atom is -0.399 e. The Morgan fingerprint density at radius 2 is 0.744 bits per heavy atom. The molecule has 1 heterocycles. The van der Waals surface area contributed by atoms with Gasteiger partial charge in [-0.1, -0.05) is 109 Å². The zero-order valence-electron chi connectivity index (χ0n) is 25.0. The van der Waals surface area contributed by atoms with E-state index in [-0.39, 0.29) is 0 Å². The molecule has 0 bridgehead atoms. The van der Waals surface area contributed by atoms with E-state index in [9.17, 15) is 0 Å². The molecule has 0 amide bonds. The Hall–Kier alpha value is -4.44. The van der Waals surface area contributed by atoms with Crippen LogP contribution in [0, 0.1) is 0 Å². The predicted octanol–water partition coefficient (Wildman–Crippen LogP) is 9.93. The molecule has 0 atom stereocenters. The van der Waals surface area contributed by atoms with Gasteiger partial charge in [-0.05, 0) is 117 Å². The third kappa shape index (κ3) is 4.18. The van der Waals surface area contributed by atoms with E-state index < -0.39 is 18.3 Å². The molecule has 3 heteroatoms. The number of hydrogen-bond acceptors (Lipinski definition) is 2. The summed E-state index contributed by atoms with van der Waals surface area (Å²) in [6, 6.07) is 46.4. The van der Waals surface area contributed by atoms with E-state index >= 15 is 0 Å². The molecule has 7 aromatic carbocycles. The van der Waals surface area contributed by atoms with Gasteiger partial charge in [-0.15, -0.1) is 0 Å². The maximum Gasteiger partial charge on any atom is 0.494 e. The SMILES string of the molecule is CC1(C)OB(c2cc(-c3c4ccccc4cc4ccccc34)cc(-c3c4ccccc4cc4ccccc34)c2)OC1(C)C. The Morgan fingerprint density at radius 1 is 0.419 bits per heavy atom. The first-order valence-electron chi connectivity index (χ1n) is 15.1. The van der Waals surface area contributed by atoms with Gasteiger partial charge in [-0.25, -0.2) is 0 Å². The Kier molecular flexibility index (Phi) is 5.81. The van der Waals surface area contributed by atoms with Crippen molar-refractivity contribution in [2.24, 2.45) is 0 Å². The highest BCUT2D eigenvalue weighted by Crippen LogP contribution is 2.42. The van der Waals surface area contributed by atoms with Crippen LogP contribution in [0.2, 0.25) is 0 Å². The van der Waals surface area contributed by atoms with Gasteiger partial charge in [0.1, 0.15) is 0 Å². The van der Waals surface area contributed by atoms with Gasteiger partial charge in [0.15, 0.2) is 0 Å². The van der Waals surface area contributed by atoms with Crippen LogP contribution in [-0.2, 0) is 9.31 Å². The second kappa shape index (κ2) is 9.54. The van der Waals surface area contributed by atoms with Crippen molar-refractivity contribution in [1.82, 2.24) is 0 Å². The summed E-state index contributed by atoms with van der Waals surface area (Å²) < 4.78 is 13.3. The molecule has 0 N–H and O–H groups in total. The summed E-state index contributed by atoms with van der Waals surface area (Å²) in [4.78, 5) is 0. The molecule has 8 rings (SSSR count). The van der Waals surface area contributed by atoms with E-state index in [1.54, 1.807) is 0 Å². The molecule has 1 aliphatic rings. The smallest absolute Gasteiger partial charge is 0.399 e. The fourth-order valence-corrected chi connectivity index (χ4v) is 6.70. The Bertz CT molecular complexity index is 1950. The van der Waals surface area contributed by atoms with Gasteiger partial charge in [-0.3, -0.25) is 0 Å². The lowest BCUT2D eigenvalue weighted by molar-refractivity contribution is 0.00578. The summed E-state index contributed by atoms with van der Waals surface area (Å²) in [5, 5.41) is 9.87. The lowest BCUT2D eigenvalue weighted by atomic mass is 9.75. The maximum absolute atomic E-state index is 6.66. The number of hydrogen-bond donors (Lipinski definition) is 0. The first-order chi connectivity index (χ1) is 20.8. The van der Waals surface area contributed by atoms with E-state index in [0.717, 1.165) is 16.6 Å². The van der Waals surface area contributed by atoms with E-state index in [0.29, 0.717) is 0 Å². The van der Waals surface area contributed by atoms with Gasteiger partial charge in [0.05, 0.1) is 11.2 Å². The van der Waals surface area contributed by atoms with Crippen LogP contribution in [0.15, 0.2) is 127 Å². The average molecular weight is 557 g/mol. The number of rotatable bonds is 3. The number of benzene rings is 7. The highest BCUT2D eigenvalue weighted by Gasteiger charge is 2.51. The minimum absolute atomic E-state index is 0.438. The summed E-state index contributed by atoms with van der Waals surface area (Å²) in [7, 11) is -0.480. The molecule has 1 aliphatic heterocycles.